The first kappa shape index (κ1) is 22.1. The fourth-order valence-corrected chi connectivity index (χ4v) is 4.07. The zero-order valence-corrected chi connectivity index (χ0v) is 18.1. The Bertz CT molecular complexity index is 1030. The van der Waals surface area contributed by atoms with Gasteiger partial charge in [-0.2, -0.15) is 5.48 Å². The highest BCUT2D eigenvalue weighted by atomic mass is 16.5. The maximum absolute atomic E-state index is 12.9. The van der Waals surface area contributed by atoms with Gasteiger partial charge in [-0.15, -0.1) is 0 Å². The molecule has 3 heterocycles. The number of nitrogens with one attached hydrogen (secondary N) is 3. The number of carbonyl (C=O) groups is 1. The molecule has 0 bridgehead atoms. The zero-order chi connectivity index (χ0) is 22.3. The second-order valence-corrected chi connectivity index (χ2v) is 7.89. The summed E-state index contributed by atoms with van der Waals surface area (Å²) in [5, 5.41) is 17.0. The molecule has 2 unspecified atom stereocenters. The average Bonchev–Trinajstić information content (AvgIpc) is 3.35. The normalized spacial score (nSPS) is 18.6. The van der Waals surface area contributed by atoms with Gasteiger partial charge in [0.15, 0.2) is 0 Å². The SMILES string of the molecule is COc1ccc2nccc(NC(=O)N3CCC(NCCCc4ccco4)C(NO)C3)c2c1. The van der Waals surface area contributed by atoms with Crippen molar-refractivity contribution in [3.8, 4) is 5.75 Å². The van der Waals surface area contributed by atoms with E-state index in [1.807, 2.05) is 30.3 Å². The summed E-state index contributed by atoms with van der Waals surface area (Å²) in [7, 11) is 1.60. The van der Waals surface area contributed by atoms with Crippen molar-refractivity contribution in [2.75, 3.05) is 32.1 Å². The number of hydroxylamine groups is 1. The molecular weight excluding hydrogens is 410 g/mol. The van der Waals surface area contributed by atoms with E-state index in [4.69, 9.17) is 9.15 Å². The smallest absolute Gasteiger partial charge is 0.321 e. The van der Waals surface area contributed by atoms with E-state index < -0.39 is 0 Å². The van der Waals surface area contributed by atoms with Gasteiger partial charge in [-0.25, -0.2) is 4.79 Å². The third-order valence-corrected chi connectivity index (χ3v) is 5.84. The molecule has 9 heteroatoms. The molecule has 170 valence electrons. The Morgan fingerprint density at radius 1 is 1.31 bits per heavy atom. The van der Waals surface area contributed by atoms with Crippen molar-refractivity contribution in [1.82, 2.24) is 20.7 Å². The molecule has 4 rings (SSSR count). The Balaban J connectivity index is 1.33. The highest BCUT2D eigenvalue weighted by Crippen LogP contribution is 2.26. The van der Waals surface area contributed by atoms with E-state index in [0.717, 1.165) is 42.5 Å². The van der Waals surface area contributed by atoms with Gasteiger partial charge in [-0.05, 0) is 55.8 Å². The molecule has 2 aromatic heterocycles. The maximum atomic E-state index is 12.9. The molecule has 32 heavy (non-hydrogen) atoms. The van der Waals surface area contributed by atoms with E-state index in [9.17, 15) is 10.0 Å². The first-order chi connectivity index (χ1) is 15.7. The molecule has 1 saturated heterocycles. The van der Waals surface area contributed by atoms with Crippen LogP contribution >= 0.6 is 0 Å². The van der Waals surface area contributed by atoms with Gasteiger partial charge in [0.2, 0.25) is 0 Å². The molecule has 0 saturated carbocycles. The first-order valence-corrected chi connectivity index (χ1v) is 10.8. The molecule has 0 radical (unpaired) electrons. The quantitative estimate of drug-likeness (QED) is 0.315. The molecule has 1 aromatic carbocycles. The molecule has 1 fully saturated rings. The second-order valence-electron chi connectivity index (χ2n) is 7.89. The number of furan rings is 1. The molecule has 4 N–H and O–H groups in total. The number of anilines is 1. The van der Waals surface area contributed by atoms with Crippen molar-refractivity contribution < 1.29 is 19.2 Å². The first-order valence-electron chi connectivity index (χ1n) is 10.8. The number of ether oxygens (including phenoxy) is 1. The molecule has 2 atom stereocenters. The summed E-state index contributed by atoms with van der Waals surface area (Å²) in [5.74, 6) is 1.67. The van der Waals surface area contributed by atoms with Crippen LogP contribution in [0.1, 0.15) is 18.6 Å². The van der Waals surface area contributed by atoms with Crippen LogP contribution in [-0.2, 0) is 6.42 Å². The summed E-state index contributed by atoms with van der Waals surface area (Å²) in [5.41, 5.74) is 3.82. The van der Waals surface area contributed by atoms with Gasteiger partial charge in [-0.1, -0.05) is 0 Å². The standard InChI is InChI=1S/C23H29N5O4/c1-31-17-6-7-19-18(14-17)20(8-11-25-19)26-23(29)28-12-9-21(22(15-28)27-30)24-10-2-4-16-5-3-13-32-16/h3,5-8,11,13-14,21-22,24,27,30H,2,4,9-10,12,15H2,1H3,(H,25,26,29). The van der Waals surface area contributed by atoms with Gasteiger partial charge >= 0.3 is 6.03 Å². The Morgan fingerprint density at radius 2 is 2.22 bits per heavy atom. The topological polar surface area (TPSA) is 112 Å². The molecule has 9 nitrogen and oxygen atoms in total. The Labute approximate surface area is 186 Å². The number of hydrogen-bond donors (Lipinski definition) is 4. The van der Waals surface area contributed by atoms with Gasteiger partial charge in [0.25, 0.3) is 0 Å². The number of amides is 2. The van der Waals surface area contributed by atoms with Crippen molar-refractivity contribution in [3.05, 3.63) is 54.6 Å². The Hall–Kier alpha value is -3.14. The molecule has 1 aliphatic heterocycles. The largest absolute Gasteiger partial charge is 0.497 e. The number of nitrogens with zero attached hydrogens (tertiary/aromatic N) is 2. The number of aromatic nitrogens is 1. The monoisotopic (exact) mass is 439 g/mol. The van der Waals surface area contributed by atoms with E-state index in [0.29, 0.717) is 24.5 Å². The van der Waals surface area contributed by atoms with E-state index >= 15 is 0 Å². The van der Waals surface area contributed by atoms with Gasteiger partial charge < -0.3 is 29.9 Å². The number of fused-ring (bicyclic) bond motifs is 1. The number of rotatable bonds is 8. The van der Waals surface area contributed by atoms with Crippen LogP contribution in [0.3, 0.4) is 0 Å². The van der Waals surface area contributed by atoms with Crippen LogP contribution in [0.2, 0.25) is 0 Å². The lowest BCUT2D eigenvalue weighted by atomic mass is 10.00. The average molecular weight is 440 g/mol. The van der Waals surface area contributed by atoms with Gasteiger partial charge in [0.1, 0.15) is 11.5 Å². The minimum Gasteiger partial charge on any atom is -0.497 e. The highest BCUT2D eigenvalue weighted by molar-refractivity contribution is 6.00. The molecular formula is C23H29N5O4. The lowest BCUT2D eigenvalue weighted by molar-refractivity contribution is 0.0668. The van der Waals surface area contributed by atoms with Gasteiger partial charge in [-0.3, -0.25) is 4.98 Å². The van der Waals surface area contributed by atoms with E-state index in [-0.39, 0.29) is 18.1 Å². The van der Waals surface area contributed by atoms with Crippen LogP contribution in [-0.4, -0.2) is 60.0 Å². The number of urea groups is 1. The van der Waals surface area contributed by atoms with Crippen LogP contribution < -0.4 is 20.9 Å². The van der Waals surface area contributed by atoms with Crippen LogP contribution in [0.15, 0.2) is 53.3 Å². The van der Waals surface area contributed by atoms with Crippen molar-refractivity contribution in [2.24, 2.45) is 0 Å². The van der Waals surface area contributed by atoms with E-state index in [2.05, 4.69) is 21.1 Å². The van der Waals surface area contributed by atoms with Crippen LogP contribution in [0.4, 0.5) is 10.5 Å². The third kappa shape index (κ3) is 5.18. The summed E-state index contributed by atoms with van der Waals surface area (Å²) in [6.07, 6.45) is 5.88. The zero-order valence-electron chi connectivity index (χ0n) is 18.1. The number of likely N-dealkylation sites (tertiary alicyclic amines) is 1. The number of pyridine rings is 1. The molecule has 2 amide bonds. The summed E-state index contributed by atoms with van der Waals surface area (Å²) in [6, 6.07) is 10.8. The number of piperidine rings is 1. The summed E-state index contributed by atoms with van der Waals surface area (Å²) in [6.45, 7) is 1.79. The van der Waals surface area contributed by atoms with Crippen LogP contribution in [0.5, 0.6) is 5.75 Å². The number of aryl methyl sites for hydroxylation is 1. The fourth-order valence-electron chi connectivity index (χ4n) is 4.07. The molecule has 0 aliphatic carbocycles. The maximum Gasteiger partial charge on any atom is 0.321 e. The molecule has 1 aliphatic rings. The lowest BCUT2D eigenvalue weighted by Crippen LogP contribution is -2.59. The number of benzene rings is 1. The van der Waals surface area contributed by atoms with E-state index in [1.165, 1.54) is 0 Å². The van der Waals surface area contributed by atoms with Gasteiger partial charge in [0.05, 0.1) is 30.6 Å². The number of hydrogen-bond acceptors (Lipinski definition) is 7. The van der Waals surface area contributed by atoms with E-state index in [1.54, 1.807) is 30.5 Å². The second kappa shape index (κ2) is 10.4. The van der Waals surface area contributed by atoms with Crippen molar-refractivity contribution >= 4 is 22.6 Å². The van der Waals surface area contributed by atoms with Crippen molar-refractivity contribution in [1.29, 1.82) is 0 Å². The predicted octanol–water partition coefficient (Wildman–Crippen LogP) is 3.01. The third-order valence-electron chi connectivity index (χ3n) is 5.84. The number of carbonyl (C=O) groups excluding carboxylic acids is 1. The summed E-state index contributed by atoms with van der Waals surface area (Å²) < 4.78 is 10.7. The predicted molar refractivity (Wildman–Crippen MR) is 121 cm³/mol. The number of methoxy groups -OCH3 is 1. The molecule has 3 aromatic rings. The fraction of sp³-hybridized carbons (Fsp3) is 0.391. The van der Waals surface area contributed by atoms with Crippen LogP contribution in [0, 0.1) is 0 Å². The minimum absolute atomic E-state index is 0.0756. The minimum atomic E-state index is -0.257. The Morgan fingerprint density at radius 3 is 3.00 bits per heavy atom. The molecule has 0 spiro atoms. The van der Waals surface area contributed by atoms with Crippen LogP contribution in [0.25, 0.3) is 10.9 Å². The lowest BCUT2D eigenvalue weighted by Gasteiger charge is -2.38. The van der Waals surface area contributed by atoms with Crippen molar-refractivity contribution in [2.45, 2.75) is 31.3 Å². The highest BCUT2D eigenvalue weighted by Gasteiger charge is 2.31. The Kier molecular flexibility index (Phi) is 7.21. The summed E-state index contributed by atoms with van der Waals surface area (Å²) >= 11 is 0. The van der Waals surface area contributed by atoms with Crippen molar-refractivity contribution in [3.63, 3.8) is 0 Å². The van der Waals surface area contributed by atoms with Gasteiger partial charge in [0, 0.05) is 37.1 Å². The summed E-state index contributed by atoms with van der Waals surface area (Å²) in [4.78, 5) is 19.0.